The molecular formula is C13H25N5O2. The summed E-state index contributed by atoms with van der Waals surface area (Å²) in [5.74, 6) is -0.150. The van der Waals surface area contributed by atoms with Crippen molar-refractivity contribution in [1.29, 1.82) is 0 Å². The maximum absolute atomic E-state index is 12.5. The third kappa shape index (κ3) is 4.50. The van der Waals surface area contributed by atoms with Crippen LogP contribution in [0.4, 0.5) is 5.69 Å². The van der Waals surface area contributed by atoms with Crippen molar-refractivity contribution < 1.29 is 9.53 Å². The van der Waals surface area contributed by atoms with E-state index in [-0.39, 0.29) is 5.91 Å². The molecule has 0 aliphatic carbocycles. The van der Waals surface area contributed by atoms with E-state index in [1.54, 1.807) is 18.9 Å². The first kappa shape index (κ1) is 16.5. The molecule has 1 aromatic rings. The van der Waals surface area contributed by atoms with Crippen molar-refractivity contribution in [2.45, 2.75) is 13.3 Å². The Labute approximate surface area is 120 Å². The SMILES string of the molecule is COCCN(CCCN(C)C)C(=O)c1n[nH]c(C)c1N. The minimum Gasteiger partial charge on any atom is -0.395 e. The molecule has 0 bridgehead atoms. The van der Waals surface area contributed by atoms with Gasteiger partial charge in [0.25, 0.3) is 5.91 Å². The highest BCUT2D eigenvalue weighted by Crippen LogP contribution is 2.15. The van der Waals surface area contributed by atoms with Gasteiger partial charge in [-0.2, -0.15) is 5.10 Å². The van der Waals surface area contributed by atoms with Crippen LogP contribution < -0.4 is 5.73 Å². The van der Waals surface area contributed by atoms with Crippen LogP contribution >= 0.6 is 0 Å². The number of ether oxygens (including phenoxy) is 1. The Bertz CT molecular complexity index is 430. The van der Waals surface area contributed by atoms with E-state index < -0.39 is 0 Å². The van der Waals surface area contributed by atoms with Crippen molar-refractivity contribution in [3.8, 4) is 0 Å². The van der Waals surface area contributed by atoms with Crippen LogP contribution in [0.5, 0.6) is 0 Å². The van der Waals surface area contributed by atoms with Gasteiger partial charge in [-0.05, 0) is 34.0 Å². The number of carbonyl (C=O) groups excluding carboxylic acids is 1. The van der Waals surface area contributed by atoms with Gasteiger partial charge in [0.15, 0.2) is 5.69 Å². The Kier molecular flexibility index (Phi) is 6.47. The molecule has 7 nitrogen and oxygen atoms in total. The van der Waals surface area contributed by atoms with Gasteiger partial charge in [0.2, 0.25) is 0 Å². The summed E-state index contributed by atoms with van der Waals surface area (Å²) < 4.78 is 5.06. The Morgan fingerprint density at radius 3 is 2.55 bits per heavy atom. The fraction of sp³-hybridized carbons (Fsp3) is 0.692. The third-order valence-corrected chi connectivity index (χ3v) is 3.08. The average Bonchev–Trinajstić information content (AvgIpc) is 2.73. The van der Waals surface area contributed by atoms with E-state index in [4.69, 9.17) is 10.5 Å². The van der Waals surface area contributed by atoms with Gasteiger partial charge in [-0.1, -0.05) is 0 Å². The molecule has 0 aliphatic rings. The second kappa shape index (κ2) is 7.86. The predicted octanol–water partition coefficient (Wildman–Crippen LogP) is 0.341. The van der Waals surface area contributed by atoms with Crippen molar-refractivity contribution in [3.05, 3.63) is 11.4 Å². The molecule has 20 heavy (non-hydrogen) atoms. The number of amides is 1. The van der Waals surface area contributed by atoms with Crippen molar-refractivity contribution >= 4 is 11.6 Å². The predicted molar refractivity (Wildman–Crippen MR) is 78.7 cm³/mol. The highest BCUT2D eigenvalue weighted by Gasteiger charge is 2.21. The molecule has 0 unspecified atom stereocenters. The van der Waals surface area contributed by atoms with E-state index in [1.165, 1.54) is 0 Å². The number of hydrogen-bond acceptors (Lipinski definition) is 5. The summed E-state index contributed by atoms with van der Waals surface area (Å²) in [5.41, 5.74) is 7.30. The number of anilines is 1. The van der Waals surface area contributed by atoms with Gasteiger partial charge in [0.1, 0.15) is 0 Å². The first-order valence-electron chi connectivity index (χ1n) is 6.70. The van der Waals surface area contributed by atoms with Crippen LogP contribution in [-0.2, 0) is 4.74 Å². The van der Waals surface area contributed by atoms with Crippen LogP contribution in [0.2, 0.25) is 0 Å². The maximum atomic E-state index is 12.5. The standard InChI is InChI=1S/C13H25N5O2/c1-10-11(14)12(16-15-10)13(19)18(8-9-20-4)7-5-6-17(2)3/h5-9,14H2,1-4H3,(H,15,16). The number of aromatic nitrogens is 2. The lowest BCUT2D eigenvalue weighted by Crippen LogP contribution is -2.36. The van der Waals surface area contributed by atoms with E-state index in [0.29, 0.717) is 36.8 Å². The van der Waals surface area contributed by atoms with Gasteiger partial charge in [0.05, 0.1) is 18.0 Å². The Morgan fingerprint density at radius 2 is 2.05 bits per heavy atom. The summed E-state index contributed by atoms with van der Waals surface area (Å²) in [4.78, 5) is 16.3. The molecule has 0 aromatic carbocycles. The highest BCUT2D eigenvalue weighted by molar-refractivity contribution is 5.97. The van der Waals surface area contributed by atoms with Crippen LogP contribution in [0, 0.1) is 6.92 Å². The maximum Gasteiger partial charge on any atom is 0.276 e. The second-order valence-corrected chi connectivity index (χ2v) is 5.05. The van der Waals surface area contributed by atoms with Crippen LogP contribution in [-0.4, -0.2) is 73.4 Å². The van der Waals surface area contributed by atoms with Crippen molar-refractivity contribution in [1.82, 2.24) is 20.0 Å². The van der Waals surface area contributed by atoms with Crippen LogP contribution in [0.3, 0.4) is 0 Å². The van der Waals surface area contributed by atoms with Gasteiger partial charge in [0, 0.05) is 20.2 Å². The summed E-state index contributed by atoms with van der Waals surface area (Å²) in [6.45, 7) is 4.41. The molecule has 3 N–H and O–H groups in total. The lowest BCUT2D eigenvalue weighted by atomic mass is 10.2. The lowest BCUT2D eigenvalue weighted by molar-refractivity contribution is 0.0684. The van der Waals surface area contributed by atoms with E-state index in [9.17, 15) is 4.79 Å². The van der Waals surface area contributed by atoms with Crippen LogP contribution in [0.1, 0.15) is 22.6 Å². The zero-order chi connectivity index (χ0) is 15.1. The number of hydrogen-bond donors (Lipinski definition) is 2. The fourth-order valence-corrected chi connectivity index (χ4v) is 1.84. The van der Waals surface area contributed by atoms with Gasteiger partial charge >= 0.3 is 0 Å². The van der Waals surface area contributed by atoms with Crippen LogP contribution in [0.15, 0.2) is 0 Å². The normalized spacial score (nSPS) is 11.1. The highest BCUT2D eigenvalue weighted by atomic mass is 16.5. The van der Waals surface area contributed by atoms with Crippen molar-refractivity contribution in [2.75, 3.05) is 53.2 Å². The van der Waals surface area contributed by atoms with E-state index in [1.807, 2.05) is 14.1 Å². The number of aryl methyl sites for hydroxylation is 1. The van der Waals surface area contributed by atoms with Crippen LogP contribution in [0.25, 0.3) is 0 Å². The van der Waals surface area contributed by atoms with E-state index in [0.717, 1.165) is 13.0 Å². The Morgan fingerprint density at radius 1 is 1.35 bits per heavy atom. The number of nitrogens with zero attached hydrogens (tertiary/aromatic N) is 3. The molecule has 7 heteroatoms. The third-order valence-electron chi connectivity index (χ3n) is 3.08. The molecule has 1 rings (SSSR count). The van der Waals surface area contributed by atoms with Gasteiger partial charge in [-0.15, -0.1) is 0 Å². The van der Waals surface area contributed by atoms with E-state index >= 15 is 0 Å². The molecule has 0 fully saturated rings. The molecule has 1 amide bonds. The van der Waals surface area contributed by atoms with Gasteiger partial charge < -0.3 is 20.3 Å². The summed E-state index contributed by atoms with van der Waals surface area (Å²) >= 11 is 0. The monoisotopic (exact) mass is 283 g/mol. The van der Waals surface area contributed by atoms with Gasteiger partial charge in [-0.3, -0.25) is 9.89 Å². The molecule has 0 aliphatic heterocycles. The molecule has 1 heterocycles. The van der Waals surface area contributed by atoms with Crippen molar-refractivity contribution in [2.24, 2.45) is 0 Å². The number of carbonyl (C=O) groups is 1. The molecule has 0 atom stereocenters. The number of nitrogens with two attached hydrogens (primary N) is 1. The fourth-order valence-electron chi connectivity index (χ4n) is 1.84. The minimum atomic E-state index is -0.150. The van der Waals surface area contributed by atoms with Gasteiger partial charge in [-0.25, -0.2) is 0 Å². The summed E-state index contributed by atoms with van der Waals surface area (Å²) in [6, 6.07) is 0. The topological polar surface area (TPSA) is 87.5 Å². The minimum absolute atomic E-state index is 0.150. The lowest BCUT2D eigenvalue weighted by Gasteiger charge is -2.22. The quantitative estimate of drug-likeness (QED) is 0.718. The molecule has 114 valence electrons. The zero-order valence-electron chi connectivity index (χ0n) is 12.8. The number of H-pyrrole nitrogens is 1. The number of aromatic amines is 1. The summed E-state index contributed by atoms with van der Waals surface area (Å²) in [7, 11) is 5.64. The Balaban J connectivity index is 2.70. The molecular weight excluding hydrogens is 258 g/mol. The molecule has 0 saturated carbocycles. The number of nitrogen functional groups attached to an aromatic ring is 1. The molecule has 1 aromatic heterocycles. The molecule has 0 saturated heterocycles. The first-order valence-corrected chi connectivity index (χ1v) is 6.70. The largest absolute Gasteiger partial charge is 0.395 e. The Hall–Kier alpha value is -1.60. The summed E-state index contributed by atoms with van der Waals surface area (Å²) in [6.07, 6.45) is 0.895. The van der Waals surface area contributed by atoms with Crippen molar-refractivity contribution in [3.63, 3.8) is 0 Å². The summed E-state index contributed by atoms with van der Waals surface area (Å²) in [5, 5.41) is 6.74. The zero-order valence-corrected chi connectivity index (χ0v) is 12.8. The molecule has 0 radical (unpaired) electrons. The second-order valence-electron chi connectivity index (χ2n) is 5.05. The molecule has 0 spiro atoms. The smallest absolute Gasteiger partial charge is 0.276 e. The first-order chi connectivity index (χ1) is 9.47. The average molecular weight is 283 g/mol. The number of methoxy groups -OCH3 is 1. The number of rotatable bonds is 8. The number of nitrogens with one attached hydrogen (secondary N) is 1. The van der Waals surface area contributed by atoms with E-state index in [2.05, 4.69) is 15.1 Å².